The van der Waals surface area contributed by atoms with Gasteiger partial charge in [-0.2, -0.15) is 0 Å². The van der Waals surface area contributed by atoms with Crippen LogP contribution in [0, 0.1) is 17.3 Å². The molecule has 1 aromatic rings. The van der Waals surface area contributed by atoms with E-state index < -0.39 is 5.30 Å². The predicted octanol–water partition coefficient (Wildman–Crippen LogP) is 6.45. The minimum Gasteiger partial charge on any atom is -0.382 e. The van der Waals surface area contributed by atoms with E-state index in [1.165, 1.54) is 16.7 Å². The lowest BCUT2D eigenvalue weighted by atomic mass is 9.51. The fourth-order valence-electron chi connectivity index (χ4n) is 7.88. The summed E-state index contributed by atoms with van der Waals surface area (Å²) in [6.45, 7) is 3.03. The van der Waals surface area contributed by atoms with Gasteiger partial charge >= 0.3 is 5.30 Å². The van der Waals surface area contributed by atoms with Crippen molar-refractivity contribution in [1.82, 2.24) is 0 Å². The molecule has 2 saturated carbocycles. The highest BCUT2D eigenvalue weighted by Crippen LogP contribution is 2.67. The number of allylic oxidation sites excluding steroid dienone is 4. The van der Waals surface area contributed by atoms with Crippen LogP contribution in [0.4, 0.5) is 4.79 Å². The van der Waals surface area contributed by atoms with E-state index in [2.05, 4.69) is 24.2 Å². The fraction of sp³-hybridized carbons (Fsp3) is 0.567. The highest BCUT2D eigenvalue weighted by Gasteiger charge is 2.63. The van der Waals surface area contributed by atoms with E-state index in [1.54, 1.807) is 25.2 Å². The molecule has 1 aromatic carbocycles. The topological polar surface area (TPSA) is 74.2 Å². The summed E-state index contributed by atoms with van der Waals surface area (Å²) in [5, 5.41) is 3.38. The van der Waals surface area contributed by atoms with Crippen molar-refractivity contribution in [2.24, 2.45) is 22.4 Å². The number of rotatable bonds is 6. The van der Waals surface area contributed by atoms with E-state index >= 15 is 0 Å². The number of ketones is 1. The molecule has 0 amide bonds. The zero-order valence-corrected chi connectivity index (χ0v) is 23.1. The van der Waals surface area contributed by atoms with Gasteiger partial charge in [0, 0.05) is 32.0 Å². The summed E-state index contributed by atoms with van der Waals surface area (Å²) < 4.78 is 12.1. The molecule has 6 nitrogen and oxygen atoms in total. The molecule has 5 rings (SSSR count). The second-order valence-electron chi connectivity index (χ2n) is 11.1. The summed E-state index contributed by atoms with van der Waals surface area (Å²) in [5.74, 6) is 1.55. The van der Waals surface area contributed by atoms with Crippen LogP contribution < -0.4 is 0 Å². The maximum absolute atomic E-state index is 12.3. The average molecular weight is 524 g/mol. The van der Waals surface area contributed by atoms with Crippen LogP contribution in [-0.4, -0.2) is 50.0 Å². The number of fused-ring (bicyclic) bond motifs is 4. The molecule has 7 heteroatoms. The molecule has 4 aliphatic carbocycles. The molecular formula is C30H37NO5S. The van der Waals surface area contributed by atoms with E-state index in [0.717, 1.165) is 55.9 Å². The number of thioether (sulfide) groups is 1. The molecule has 5 atom stereocenters. The van der Waals surface area contributed by atoms with Gasteiger partial charge in [0.25, 0.3) is 0 Å². The lowest BCUT2D eigenvalue weighted by Gasteiger charge is -2.55. The third-order valence-electron chi connectivity index (χ3n) is 9.63. The Morgan fingerprint density at radius 1 is 1.16 bits per heavy atom. The molecule has 0 spiro atoms. The first-order chi connectivity index (χ1) is 17.9. The molecule has 4 aliphatic rings. The minimum absolute atomic E-state index is 0.0188. The quantitative estimate of drug-likeness (QED) is 0.242. The van der Waals surface area contributed by atoms with Crippen LogP contribution in [0.5, 0.6) is 0 Å². The van der Waals surface area contributed by atoms with Crippen molar-refractivity contribution in [2.75, 3.05) is 27.1 Å². The molecular weight excluding hydrogens is 486 g/mol. The highest BCUT2D eigenvalue weighted by atomic mass is 32.2. The molecule has 0 unspecified atom stereocenters. The van der Waals surface area contributed by atoms with Gasteiger partial charge in [-0.3, -0.25) is 4.79 Å². The van der Waals surface area contributed by atoms with Gasteiger partial charge in [0.1, 0.15) is 0 Å². The monoisotopic (exact) mass is 523 g/mol. The lowest BCUT2D eigenvalue weighted by molar-refractivity contribution is -0.149. The van der Waals surface area contributed by atoms with Gasteiger partial charge in [0.05, 0.1) is 18.4 Å². The highest BCUT2D eigenvalue weighted by molar-refractivity contribution is 8.12. The van der Waals surface area contributed by atoms with Crippen molar-refractivity contribution < 1.29 is 23.9 Å². The Morgan fingerprint density at radius 2 is 1.95 bits per heavy atom. The van der Waals surface area contributed by atoms with Crippen molar-refractivity contribution in [1.29, 1.82) is 0 Å². The minimum atomic E-state index is -0.432. The summed E-state index contributed by atoms with van der Waals surface area (Å²) in [7, 11) is 3.63. The van der Waals surface area contributed by atoms with Crippen LogP contribution in [-0.2, 0) is 19.1 Å². The molecule has 0 saturated heterocycles. The molecule has 0 bridgehead atoms. The Bertz CT molecular complexity index is 1160. The number of ether oxygens (including phenoxy) is 2. The third-order valence-corrected chi connectivity index (χ3v) is 10.0. The standard InChI is InChI=1S/C30H37NO5S/c1-29-16-25(20-7-5-19(6-8-20)17-31-36-28(33)37-4)27-23-12-10-22(32)15-21(23)9-11-24(27)26(29)13-14-30(29,35-3)18-34-2/h5-8,15,17,24-26H,9-14,16,18H2,1-4H3/b31-17+/t24-,25+,26-,29-,30+/m0/s1. The second-order valence-corrected chi connectivity index (χ2v) is 11.9. The Kier molecular flexibility index (Phi) is 7.49. The maximum atomic E-state index is 12.3. The van der Waals surface area contributed by atoms with Gasteiger partial charge in [-0.25, -0.2) is 4.79 Å². The molecule has 0 heterocycles. The molecule has 198 valence electrons. The number of benzene rings is 1. The van der Waals surface area contributed by atoms with Crippen molar-refractivity contribution in [3.8, 4) is 0 Å². The van der Waals surface area contributed by atoms with Gasteiger partial charge < -0.3 is 14.3 Å². The van der Waals surface area contributed by atoms with E-state index in [4.69, 9.17) is 14.3 Å². The van der Waals surface area contributed by atoms with Crippen molar-refractivity contribution >= 4 is 29.1 Å². The van der Waals surface area contributed by atoms with Crippen LogP contribution in [0.25, 0.3) is 0 Å². The van der Waals surface area contributed by atoms with Gasteiger partial charge in [-0.05, 0) is 96.7 Å². The summed E-state index contributed by atoms with van der Waals surface area (Å²) >= 11 is 0.988. The summed E-state index contributed by atoms with van der Waals surface area (Å²) in [5.41, 5.74) is 6.11. The Balaban J connectivity index is 1.56. The molecule has 0 aliphatic heterocycles. The number of hydrogen-bond donors (Lipinski definition) is 0. The summed E-state index contributed by atoms with van der Waals surface area (Å²) in [6.07, 6.45) is 11.8. The number of nitrogens with zero attached hydrogens (tertiary/aromatic N) is 1. The van der Waals surface area contributed by atoms with Crippen LogP contribution in [0.3, 0.4) is 0 Å². The van der Waals surface area contributed by atoms with E-state index in [0.29, 0.717) is 24.9 Å². The first-order valence-corrected chi connectivity index (χ1v) is 14.5. The van der Waals surface area contributed by atoms with E-state index in [1.807, 2.05) is 25.3 Å². The summed E-state index contributed by atoms with van der Waals surface area (Å²) in [4.78, 5) is 28.4. The molecule has 37 heavy (non-hydrogen) atoms. The maximum Gasteiger partial charge on any atom is 0.393 e. The van der Waals surface area contributed by atoms with E-state index in [9.17, 15) is 9.59 Å². The molecule has 0 radical (unpaired) electrons. The largest absolute Gasteiger partial charge is 0.393 e. The van der Waals surface area contributed by atoms with Crippen LogP contribution in [0.15, 0.2) is 52.2 Å². The van der Waals surface area contributed by atoms with Gasteiger partial charge in [-0.1, -0.05) is 41.9 Å². The van der Waals surface area contributed by atoms with Crippen LogP contribution >= 0.6 is 11.8 Å². The van der Waals surface area contributed by atoms with Gasteiger partial charge in [-0.15, -0.1) is 0 Å². The van der Waals surface area contributed by atoms with Crippen molar-refractivity contribution in [3.05, 3.63) is 58.2 Å². The SMILES string of the molecule is COC[C@]1(OC)CC[C@H]2[C@@H]3CCC4=CC(=O)CCC4=C3[C@@H](c3ccc(/C=N/OC(=O)SC)cc3)C[C@@]21C. The summed E-state index contributed by atoms with van der Waals surface area (Å²) in [6, 6.07) is 8.44. The Morgan fingerprint density at radius 3 is 2.65 bits per heavy atom. The third kappa shape index (κ3) is 4.53. The first kappa shape index (κ1) is 26.4. The van der Waals surface area contributed by atoms with E-state index in [-0.39, 0.29) is 22.7 Å². The zero-order valence-electron chi connectivity index (χ0n) is 22.2. The van der Waals surface area contributed by atoms with Gasteiger partial charge in [0.2, 0.25) is 0 Å². The number of methoxy groups -OCH3 is 2. The number of carbonyl (C=O) groups excluding carboxylic acids is 2. The van der Waals surface area contributed by atoms with Crippen molar-refractivity contribution in [3.63, 3.8) is 0 Å². The van der Waals surface area contributed by atoms with Crippen LogP contribution in [0.2, 0.25) is 0 Å². The zero-order chi connectivity index (χ0) is 26.2. The number of carbonyl (C=O) groups is 2. The molecule has 2 fully saturated rings. The lowest BCUT2D eigenvalue weighted by Crippen LogP contribution is -2.54. The van der Waals surface area contributed by atoms with Crippen molar-refractivity contribution in [2.45, 2.75) is 63.4 Å². The Labute approximate surface area is 223 Å². The molecule has 0 N–H and O–H groups in total. The van der Waals surface area contributed by atoms with Gasteiger partial charge in [0.15, 0.2) is 5.78 Å². The average Bonchev–Trinajstić information content (AvgIpc) is 3.20. The molecule has 0 aromatic heterocycles. The normalized spacial score (nSPS) is 33.1. The first-order valence-electron chi connectivity index (χ1n) is 13.2. The fourth-order valence-corrected chi connectivity index (χ4v) is 8.00. The Hall–Kier alpha value is -2.22. The second kappa shape index (κ2) is 10.5. The van der Waals surface area contributed by atoms with Crippen LogP contribution in [0.1, 0.15) is 68.9 Å². The number of oxime groups is 1. The smallest absolute Gasteiger partial charge is 0.382 e. The number of hydrogen-bond acceptors (Lipinski definition) is 7. The predicted molar refractivity (Wildman–Crippen MR) is 146 cm³/mol.